The lowest BCUT2D eigenvalue weighted by Gasteiger charge is -2.10. The maximum Gasteiger partial charge on any atom is 0.149 e. The quantitative estimate of drug-likeness (QED) is 0.902. The number of imidazole rings is 1. The molecular formula is C13H13F2N3. The zero-order valence-electron chi connectivity index (χ0n) is 9.74. The smallest absolute Gasteiger partial charge is 0.149 e. The van der Waals surface area contributed by atoms with Crippen molar-refractivity contribution in [1.82, 2.24) is 9.55 Å². The van der Waals surface area contributed by atoms with E-state index >= 15 is 0 Å². The summed E-state index contributed by atoms with van der Waals surface area (Å²) in [4.78, 5) is 4.08. The minimum Gasteiger partial charge on any atom is -0.375 e. The average Bonchev–Trinajstić information content (AvgIpc) is 3.09. The third-order valence-corrected chi connectivity index (χ3v) is 3.10. The highest BCUT2D eigenvalue weighted by Gasteiger charge is 2.25. The van der Waals surface area contributed by atoms with Gasteiger partial charge >= 0.3 is 0 Å². The summed E-state index contributed by atoms with van der Waals surface area (Å²) in [5.41, 5.74) is 0.862. The van der Waals surface area contributed by atoms with Gasteiger partial charge in [-0.05, 0) is 25.0 Å². The van der Waals surface area contributed by atoms with Crippen molar-refractivity contribution >= 4 is 5.69 Å². The van der Waals surface area contributed by atoms with Gasteiger partial charge in [0.1, 0.15) is 17.3 Å². The van der Waals surface area contributed by atoms with Crippen LogP contribution in [0.2, 0.25) is 0 Å². The molecular weight excluding hydrogens is 236 g/mol. The zero-order chi connectivity index (χ0) is 12.5. The Hall–Kier alpha value is -1.91. The minimum absolute atomic E-state index is 0.0824. The molecule has 94 valence electrons. The van der Waals surface area contributed by atoms with Crippen LogP contribution in [0.1, 0.15) is 24.6 Å². The highest BCUT2D eigenvalue weighted by atomic mass is 19.1. The molecule has 0 bridgehead atoms. The first kappa shape index (κ1) is 11.2. The lowest BCUT2D eigenvalue weighted by molar-refractivity contribution is 0.587. The molecule has 0 unspecified atom stereocenters. The first-order valence-electron chi connectivity index (χ1n) is 5.94. The molecule has 1 aliphatic rings. The van der Waals surface area contributed by atoms with Gasteiger partial charge in [-0.15, -0.1) is 0 Å². The largest absolute Gasteiger partial charge is 0.375 e. The Kier molecular flexibility index (Phi) is 2.74. The highest BCUT2D eigenvalue weighted by Crippen LogP contribution is 2.35. The van der Waals surface area contributed by atoms with Crippen molar-refractivity contribution in [1.29, 1.82) is 0 Å². The van der Waals surface area contributed by atoms with E-state index in [1.807, 2.05) is 0 Å². The van der Waals surface area contributed by atoms with Crippen molar-refractivity contribution in [3.8, 4) is 0 Å². The van der Waals surface area contributed by atoms with Crippen LogP contribution in [0.25, 0.3) is 0 Å². The molecule has 0 spiro atoms. The molecule has 2 aromatic rings. The number of aromatic nitrogens is 2. The van der Waals surface area contributed by atoms with E-state index in [2.05, 4.69) is 14.9 Å². The maximum absolute atomic E-state index is 13.4. The molecule has 1 N–H and O–H groups in total. The van der Waals surface area contributed by atoms with E-state index in [0.29, 0.717) is 12.6 Å². The second-order valence-electron chi connectivity index (χ2n) is 4.47. The van der Waals surface area contributed by atoms with Crippen molar-refractivity contribution in [2.45, 2.75) is 25.4 Å². The topological polar surface area (TPSA) is 29.9 Å². The Morgan fingerprint density at radius 3 is 2.67 bits per heavy atom. The zero-order valence-corrected chi connectivity index (χ0v) is 9.74. The Bertz CT molecular complexity index is 541. The lowest BCUT2D eigenvalue weighted by atomic mass is 10.3. The van der Waals surface area contributed by atoms with Gasteiger partial charge in [0, 0.05) is 12.2 Å². The van der Waals surface area contributed by atoms with Crippen LogP contribution in [0.3, 0.4) is 0 Å². The molecule has 0 saturated heterocycles. The molecule has 3 rings (SSSR count). The van der Waals surface area contributed by atoms with Gasteiger partial charge in [-0.2, -0.15) is 0 Å². The van der Waals surface area contributed by atoms with Crippen molar-refractivity contribution in [3.05, 3.63) is 48.1 Å². The van der Waals surface area contributed by atoms with E-state index in [4.69, 9.17) is 0 Å². The number of rotatable bonds is 4. The predicted molar refractivity (Wildman–Crippen MR) is 64.2 cm³/mol. The molecule has 0 atom stereocenters. The fourth-order valence-corrected chi connectivity index (χ4v) is 2.00. The van der Waals surface area contributed by atoms with E-state index in [1.165, 1.54) is 18.2 Å². The van der Waals surface area contributed by atoms with Crippen molar-refractivity contribution < 1.29 is 8.78 Å². The molecule has 5 heteroatoms. The van der Waals surface area contributed by atoms with E-state index in [9.17, 15) is 8.78 Å². The van der Waals surface area contributed by atoms with Crippen LogP contribution in [0.4, 0.5) is 14.5 Å². The summed E-state index contributed by atoms with van der Waals surface area (Å²) in [6.45, 7) is 0.369. The predicted octanol–water partition coefficient (Wildman–Crippen LogP) is 3.11. The monoisotopic (exact) mass is 249 g/mol. The molecule has 1 heterocycles. The lowest BCUT2D eigenvalue weighted by Crippen LogP contribution is -2.08. The fourth-order valence-electron chi connectivity index (χ4n) is 2.00. The van der Waals surface area contributed by atoms with Crippen LogP contribution < -0.4 is 5.32 Å². The molecule has 1 saturated carbocycles. The SMILES string of the molecule is Fc1cccc(F)c1NCc1cncn1C1CC1. The van der Waals surface area contributed by atoms with Gasteiger partial charge in [-0.1, -0.05) is 6.07 Å². The molecule has 1 fully saturated rings. The van der Waals surface area contributed by atoms with Crippen molar-refractivity contribution in [2.24, 2.45) is 0 Å². The number of halogens is 2. The van der Waals surface area contributed by atoms with Gasteiger partial charge in [0.15, 0.2) is 0 Å². The van der Waals surface area contributed by atoms with Gasteiger partial charge < -0.3 is 9.88 Å². The van der Waals surface area contributed by atoms with E-state index in [0.717, 1.165) is 18.5 Å². The van der Waals surface area contributed by atoms with Gasteiger partial charge in [0.05, 0.1) is 18.6 Å². The Morgan fingerprint density at radius 2 is 2.00 bits per heavy atom. The standard InChI is InChI=1S/C13H13F2N3/c14-11-2-1-3-12(15)13(11)17-7-10-6-16-8-18(10)9-4-5-9/h1-3,6,8-9,17H,4-5,7H2. The van der Waals surface area contributed by atoms with Crippen LogP contribution in [-0.2, 0) is 6.54 Å². The number of benzene rings is 1. The number of para-hydroxylation sites is 1. The molecule has 18 heavy (non-hydrogen) atoms. The molecule has 0 radical (unpaired) electrons. The first-order chi connectivity index (χ1) is 8.75. The second kappa shape index (κ2) is 4.40. The van der Waals surface area contributed by atoms with Gasteiger partial charge in [-0.3, -0.25) is 0 Å². The van der Waals surface area contributed by atoms with Crippen LogP contribution in [0.15, 0.2) is 30.7 Å². The van der Waals surface area contributed by atoms with Crippen molar-refractivity contribution in [3.63, 3.8) is 0 Å². The summed E-state index contributed by atoms with van der Waals surface area (Å²) in [6.07, 6.45) is 5.80. The second-order valence-corrected chi connectivity index (χ2v) is 4.47. The number of hydrogen-bond acceptors (Lipinski definition) is 2. The van der Waals surface area contributed by atoms with E-state index in [1.54, 1.807) is 12.5 Å². The maximum atomic E-state index is 13.4. The molecule has 1 aromatic heterocycles. The Morgan fingerprint density at radius 1 is 1.28 bits per heavy atom. The summed E-state index contributed by atoms with van der Waals surface area (Å²) in [7, 11) is 0. The van der Waals surface area contributed by atoms with Crippen LogP contribution in [0.5, 0.6) is 0 Å². The summed E-state index contributed by atoms with van der Waals surface area (Å²) < 4.78 is 28.9. The van der Waals surface area contributed by atoms with Crippen LogP contribution in [0, 0.1) is 11.6 Å². The molecule has 0 aliphatic heterocycles. The third kappa shape index (κ3) is 2.08. The molecule has 3 nitrogen and oxygen atoms in total. The average molecular weight is 249 g/mol. The summed E-state index contributed by atoms with van der Waals surface area (Å²) in [6, 6.07) is 4.34. The third-order valence-electron chi connectivity index (χ3n) is 3.10. The molecule has 1 aromatic carbocycles. The van der Waals surface area contributed by atoms with Gasteiger partial charge in [0.25, 0.3) is 0 Å². The summed E-state index contributed by atoms with van der Waals surface area (Å²) in [5, 5.41) is 2.80. The number of nitrogens with zero attached hydrogens (tertiary/aromatic N) is 2. The normalized spacial score (nSPS) is 14.8. The van der Waals surface area contributed by atoms with E-state index < -0.39 is 11.6 Å². The van der Waals surface area contributed by atoms with Crippen molar-refractivity contribution in [2.75, 3.05) is 5.32 Å². The van der Waals surface area contributed by atoms with Gasteiger partial charge in [0.2, 0.25) is 0 Å². The molecule has 0 amide bonds. The molecule has 1 aliphatic carbocycles. The Labute approximate surface area is 103 Å². The van der Waals surface area contributed by atoms with E-state index in [-0.39, 0.29) is 5.69 Å². The van der Waals surface area contributed by atoms with Crippen LogP contribution in [-0.4, -0.2) is 9.55 Å². The number of nitrogens with one attached hydrogen (secondary N) is 1. The number of hydrogen-bond donors (Lipinski definition) is 1. The minimum atomic E-state index is -0.576. The highest BCUT2D eigenvalue weighted by molar-refractivity contribution is 5.46. The fraction of sp³-hybridized carbons (Fsp3) is 0.308. The van der Waals surface area contributed by atoms with Crippen LogP contribution >= 0.6 is 0 Å². The summed E-state index contributed by atoms with van der Waals surface area (Å²) >= 11 is 0. The summed E-state index contributed by atoms with van der Waals surface area (Å²) in [5.74, 6) is -1.15. The van der Waals surface area contributed by atoms with Gasteiger partial charge in [-0.25, -0.2) is 13.8 Å². The number of anilines is 1. The first-order valence-corrected chi connectivity index (χ1v) is 5.94. The Balaban J connectivity index is 1.76.